The molecule has 140 valence electrons. The van der Waals surface area contributed by atoms with Crippen molar-refractivity contribution >= 4 is 5.69 Å². The molecule has 5 heteroatoms. The number of hydrogen-bond acceptors (Lipinski definition) is 4. The van der Waals surface area contributed by atoms with Gasteiger partial charge in [-0.3, -0.25) is 10.1 Å². The van der Waals surface area contributed by atoms with Gasteiger partial charge in [0.05, 0.1) is 4.92 Å². The highest BCUT2D eigenvalue weighted by molar-refractivity contribution is 5.71. The minimum atomic E-state index is -0.324. The number of rotatable bonds is 2. The van der Waals surface area contributed by atoms with Crippen LogP contribution in [0.5, 0.6) is 0 Å². The molecule has 2 aromatic rings. The Bertz CT molecular complexity index is 912. The Balaban J connectivity index is 1.67. The molecule has 0 spiro atoms. The van der Waals surface area contributed by atoms with E-state index in [-0.39, 0.29) is 16.0 Å². The lowest BCUT2D eigenvalue weighted by Gasteiger charge is -2.58. The van der Waals surface area contributed by atoms with Gasteiger partial charge in [-0.05, 0) is 68.5 Å². The summed E-state index contributed by atoms with van der Waals surface area (Å²) in [5.74, 6) is 0.714. The number of likely N-dealkylation sites (N-methyl/N-ethyl adjacent to an activating group) is 1. The van der Waals surface area contributed by atoms with E-state index in [0.717, 1.165) is 18.5 Å². The molecule has 0 radical (unpaired) electrons. The first-order valence-corrected chi connectivity index (χ1v) is 10.0. The van der Waals surface area contributed by atoms with Crippen molar-refractivity contribution in [3.8, 4) is 11.3 Å². The highest BCUT2D eigenvalue weighted by Crippen LogP contribution is 2.56. The van der Waals surface area contributed by atoms with E-state index in [1.54, 1.807) is 18.3 Å². The van der Waals surface area contributed by atoms with Crippen molar-refractivity contribution in [1.29, 1.82) is 0 Å². The van der Waals surface area contributed by atoms with Crippen LogP contribution < -0.4 is 0 Å². The largest absolute Gasteiger partial charge is 0.303 e. The van der Waals surface area contributed by atoms with Gasteiger partial charge in [-0.25, -0.2) is 4.98 Å². The molecule has 2 bridgehead atoms. The molecule has 1 saturated heterocycles. The van der Waals surface area contributed by atoms with Crippen molar-refractivity contribution in [1.82, 2.24) is 9.88 Å². The molecule has 2 aliphatic carbocycles. The maximum atomic E-state index is 11.5. The van der Waals surface area contributed by atoms with E-state index < -0.39 is 0 Å². The van der Waals surface area contributed by atoms with Crippen LogP contribution >= 0.6 is 0 Å². The standard InChI is InChI=1S/C22H25N3O2/c1-24-12-10-22-9-3-2-5-17(22)20(24)14-15-7-8-16(13-18(15)22)21-19(25(26)27)6-4-11-23-21/h4,6-8,11,13,17,20H,2-3,5,9-10,12,14H2,1H3/t17-,20+,22+/m0/s1. The Labute approximate surface area is 159 Å². The van der Waals surface area contributed by atoms with Crippen molar-refractivity contribution in [2.24, 2.45) is 5.92 Å². The minimum absolute atomic E-state index is 0.0900. The Morgan fingerprint density at radius 3 is 3.00 bits per heavy atom. The third-order valence-electron chi connectivity index (χ3n) is 7.37. The highest BCUT2D eigenvalue weighted by atomic mass is 16.6. The van der Waals surface area contributed by atoms with E-state index in [2.05, 4.69) is 29.1 Å². The minimum Gasteiger partial charge on any atom is -0.303 e. The van der Waals surface area contributed by atoms with Gasteiger partial charge < -0.3 is 4.90 Å². The number of nitrogens with zero attached hydrogens (tertiary/aromatic N) is 3. The zero-order chi connectivity index (χ0) is 18.6. The molecule has 1 aromatic carbocycles. The van der Waals surface area contributed by atoms with Gasteiger partial charge in [-0.15, -0.1) is 0 Å². The third kappa shape index (κ3) is 2.44. The summed E-state index contributed by atoms with van der Waals surface area (Å²) in [4.78, 5) is 18.1. The molecular formula is C22H25N3O2. The van der Waals surface area contributed by atoms with E-state index in [1.165, 1.54) is 43.2 Å². The van der Waals surface area contributed by atoms with E-state index >= 15 is 0 Å². The van der Waals surface area contributed by atoms with E-state index in [4.69, 9.17) is 0 Å². The summed E-state index contributed by atoms with van der Waals surface area (Å²) in [7, 11) is 2.28. The molecule has 5 nitrogen and oxygen atoms in total. The summed E-state index contributed by atoms with van der Waals surface area (Å²) in [6.45, 7) is 1.15. The average molecular weight is 363 g/mol. The van der Waals surface area contributed by atoms with Gasteiger partial charge in [0.2, 0.25) is 0 Å². The predicted molar refractivity (Wildman–Crippen MR) is 105 cm³/mol. The molecule has 1 saturated carbocycles. The van der Waals surface area contributed by atoms with Crippen LogP contribution in [0, 0.1) is 16.0 Å². The van der Waals surface area contributed by atoms with Crippen LogP contribution in [0.25, 0.3) is 11.3 Å². The van der Waals surface area contributed by atoms with Gasteiger partial charge in [-0.1, -0.05) is 25.0 Å². The summed E-state index contributed by atoms with van der Waals surface area (Å²) in [6.07, 6.45) is 9.13. The Morgan fingerprint density at radius 1 is 1.26 bits per heavy atom. The smallest absolute Gasteiger partial charge is 0.295 e. The van der Waals surface area contributed by atoms with E-state index in [1.807, 2.05) is 6.07 Å². The van der Waals surface area contributed by atoms with Gasteiger partial charge in [0, 0.05) is 29.3 Å². The van der Waals surface area contributed by atoms with Crippen molar-refractivity contribution in [3.05, 3.63) is 57.8 Å². The molecule has 0 amide bonds. The predicted octanol–water partition coefficient (Wildman–Crippen LogP) is 4.35. The van der Waals surface area contributed by atoms with E-state index in [9.17, 15) is 10.1 Å². The van der Waals surface area contributed by atoms with Crippen LogP contribution in [0.4, 0.5) is 5.69 Å². The number of piperidine rings is 1. The van der Waals surface area contributed by atoms with Crippen molar-refractivity contribution in [2.45, 2.75) is 50.0 Å². The number of likely N-dealkylation sites (tertiary alicyclic amines) is 1. The SMILES string of the molecule is CN1CC[C@]23CCCC[C@H]2[C@H]1Cc1ccc(-c2ncccc2[N+](=O)[O-])cc13. The Kier molecular flexibility index (Phi) is 3.83. The second-order valence-electron chi connectivity index (χ2n) is 8.51. The van der Waals surface area contributed by atoms with Crippen LogP contribution in [-0.2, 0) is 11.8 Å². The first-order chi connectivity index (χ1) is 13.1. The van der Waals surface area contributed by atoms with Crippen LogP contribution in [0.3, 0.4) is 0 Å². The zero-order valence-corrected chi connectivity index (χ0v) is 15.7. The van der Waals surface area contributed by atoms with Crippen LogP contribution in [0.15, 0.2) is 36.5 Å². The molecule has 3 atom stereocenters. The number of nitro groups is 1. The molecule has 2 heterocycles. The highest BCUT2D eigenvalue weighted by Gasteiger charge is 2.53. The molecule has 1 aromatic heterocycles. The fraction of sp³-hybridized carbons (Fsp3) is 0.500. The van der Waals surface area contributed by atoms with Crippen molar-refractivity contribution in [3.63, 3.8) is 0 Å². The van der Waals surface area contributed by atoms with Gasteiger partial charge in [0.25, 0.3) is 5.69 Å². The topological polar surface area (TPSA) is 59.3 Å². The average Bonchev–Trinajstić information content (AvgIpc) is 2.70. The monoisotopic (exact) mass is 363 g/mol. The fourth-order valence-corrected chi connectivity index (χ4v) is 6.11. The first-order valence-electron chi connectivity index (χ1n) is 10.0. The second kappa shape index (κ2) is 6.13. The number of fused-ring (bicyclic) bond motifs is 1. The normalized spacial score (nSPS) is 29.7. The summed E-state index contributed by atoms with van der Waals surface area (Å²) < 4.78 is 0. The summed E-state index contributed by atoms with van der Waals surface area (Å²) in [6, 6.07) is 10.3. The lowest BCUT2D eigenvalue weighted by molar-refractivity contribution is -0.384. The summed E-state index contributed by atoms with van der Waals surface area (Å²) in [5.41, 5.74) is 4.61. The van der Waals surface area contributed by atoms with Gasteiger partial charge in [0.15, 0.2) is 0 Å². The number of benzene rings is 1. The van der Waals surface area contributed by atoms with Gasteiger partial charge in [-0.2, -0.15) is 0 Å². The molecular weight excluding hydrogens is 338 g/mol. The molecule has 3 aliphatic rings. The fourth-order valence-electron chi connectivity index (χ4n) is 6.11. The van der Waals surface area contributed by atoms with E-state index in [0.29, 0.717) is 17.7 Å². The number of pyridine rings is 1. The third-order valence-corrected chi connectivity index (χ3v) is 7.37. The second-order valence-corrected chi connectivity index (χ2v) is 8.51. The van der Waals surface area contributed by atoms with Crippen LogP contribution in [0.2, 0.25) is 0 Å². The Morgan fingerprint density at radius 2 is 2.15 bits per heavy atom. The Hall–Kier alpha value is -2.27. The quantitative estimate of drug-likeness (QED) is 0.588. The molecule has 1 aliphatic heterocycles. The van der Waals surface area contributed by atoms with Gasteiger partial charge in [0.1, 0.15) is 5.69 Å². The van der Waals surface area contributed by atoms with Crippen molar-refractivity contribution in [2.75, 3.05) is 13.6 Å². The molecule has 27 heavy (non-hydrogen) atoms. The van der Waals surface area contributed by atoms with Crippen molar-refractivity contribution < 1.29 is 4.92 Å². The maximum absolute atomic E-state index is 11.5. The maximum Gasteiger partial charge on any atom is 0.295 e. The molecule has 5 rings (SSSR count). The molecule has 0 N–H and O–H groups in total. The summed E-state index contributed by atoms with van der Waals surface area (Å²) >= 11 is 0. The number of aromatic nitrogens is 1. The molecule has 0 unspecified atom stereocenters. The summed E-state index contributed by atoms with van der Waals surface area (Å²) in [5, 5.41) is 11.5. The lowest BCUT2D eigenvalue weighted by Crippen LogP contribution is -2.59. The van der Waals surface area contributed by atoms with Gasteiger partial charge >= 0.3 is 0 Å². The molecule has 2 fully saturated rings. The first kappa shape index (κ1) is 16.9. The zero-order valence-electron chi connectivity index (χ0n) is 15.7. The van der Waals surface area contributed by atoms with Crippen LogP contribution in [0.1, 0.15) is 43.2 Å². The number of hydrogen-bond donors (Lipinski definition) is 0. The van der Waals surface area contributed by atoms with Crippen LogP contribution in [-0.4, -0.2) is 34.4 Å². The lowest BCUT2D eigenvalue weighted by atomic mass is 9.52.